The fourth-order valence-electron chi connectivity index (χ4n) is 5.65. The Morgan fingerprint density at radius 3 is 2.61 bits per heavy atom. The molecule has 3 heterocycles. The minimum Gasteiger partial charge on any atom is -0.396 e. The summed E-state index contributed by atoms with van der Waals surface area (Å²) in [5, 5.41) is 15.1. The van der Waals surface area contributed by atoms with Crippen LogP contribution in [-0.2, 0) is 14.4 Å². The number of anilines is 1. The largest absolute Gasteiger partial charge is 0.396 e. The molecule has 3 N–H and O–H groups in total. The second kappa shape index (κ2) is 9.96. The first kappa shape index (κ1) is 24.5. The van der Waals surface area contributed by atoms with Crippen LogP contribution in [0.15, 0.2) is 30.3 Å². The zero-order valence-corrected chi connectivity index (χ0v) is 21.4. The van der Waals surface area contributed by atoms with E-state index in [4.69, 9.17) is 5.11 Å². The zero-order chi connectivity index (χ0) is 23.8. The van der Waals surface area contributed by atoms with E-state index in [0.717, 1.165) is 6.42 Å². The molecule has 3 aliphatic rings. The van der Waals surface area contributed by atoms with Gasteiger partial charge in [0.15, 0.2) is 0 Å². The highest BCUT2D eigenvalue weighted by Gasteiger charge is 2.75. The molecule has 1 aromatic carbocycles. The van der Waals surface area contributed by atoms with Crippen molar-refractivity contribution in [2.75, 3.05) is 18.5 Å². The Bertz CT molecular complexity index is 901. The summed E-state index contributed by atoms with van der Waals surface area (Å²) in [6.07, 6.45) is 2.84. The number of fused-ring (bicyclic) bond motifs is 1. The number of amides is 3. The molecule has 7 nitrogen and oxygen atoms in total. The number of carbonyl (C=O) groups is 3. The number of nitrogens with zero attached hydrogens (tertiary/aromatic N) is 1. The molecule has 3 aliphatic heterocycles. The summed E-state index contributed by atoms with van der Waals surface area (Å²) in [5.74, 6) is -1.41. The van der Waals surface area contributed by atoms with Gasteiger partial charge in [0, 0.05) is 35.0 Å². The van der Waals surface area contributed by atoms with Crippen LogP contribution in [0.4, 0.5) is 5.69 Å². The number of likely N-dealkylation sites (tertiary alicyclic amines) is 1. The summed E-state index contributed by atoms with van der Waals surface area (Å²) in [4.78, 5) is 42.5. The van der Waals surface area contributed by atoms with Crippen LogP contribution in [0.1, 0.15) is 39.5 Å². The molecular weight excluding hydrogens is 506 g/mol. The van der Waals surface area contributed by atoms with Gasteiger partial charge in [-0.25, -0.2) is 0 Å². The lowest BCUT2D eigenvalue weighted by molar-refractivity contribution is -0.139. The van der Waals surface area contributed by atoms with Crippen LogP contribution >= 0.6 is 27.7 Å². The molecule has 0 radical (unpaired) electrons. The Hall–Kier alpha value is -1.58. The number of unbranched alkanes of at least 4 members (excludes halogenated alkanes) is 2. The predicted octanol–water partition coefficient (Wildman–Crippen LogP) is 2.78. The highest BCUT2D eigenvalue weighted by Crippen LogP contribution is 2.67. The number of hydrogen-bond donors (Lipinski definition) is 3. The number of alkyl halides is 1. The Morgan fingerprint density at radius 2 is 1.94 bits per heavy atom. The van der Waals surface area contributed by atoms with Crippen LogP contribution in [-0.4, -0.2) is 67.8 Å². The van der Waals surface area contributed by atoms with Crippen LogP contribution in [0.5, 0.6) is 0 Å². The fraction of sp³-hybridized carbons (Fsp3) is 0.625. The lowest BCUT2D eigenvalue weighted by Gasteiger charge is -2.35. The summed E-state index contributed by atoms with van der Waals surface area (Å²) in [6, 6.07) is 8.64. The van der Waals surface area contributed by atoms with Crippen molar-refractivity contribution in [1.82, 2.24) is 10.2 Å². The molecule has 3 unspecified atom stereocenters. The first-order valence-corrected chi connectivity index (χ1v) is 13.5. The smallest absolute Gasteiger partial charge is 0.244 e. The first-order chi connectivity index (χ1) is 15.8. The number of halogens is 1. The van der Waals surface area contributed by atoms with E-state index in [9.17, 15) is 14.4 Å². The van der Waals surface area contributed by atoms with Gasteiger partial charge in [0.25, 0.3) is 0 Å². The Kier molecular flexibility index (Phi) is 7.41. The summed E-state index contributed by atoms with van der Waals surface area (Å²) in [5.41, 5.74) is 0.704. The molecule has 9 heteroatoms. The zero-order valence-electron chi connectivity index (χ0n) is 19.0. The van der Waals surface area contributed by atoms with Gasteiger partial charge in [-0.2, -0.15) is 0 Å². The van der Waals surface area contributed by atoms with Crippen molar-refractivity contribution in [3.8, 4) is 0 Å². The Morgan fingerprint density at radius 1 is 1.21 bits per heavy atom. The Labute approximate surface area is 207 Å². The average molecular weight is 539 g/mol. The standard InChI is InChI=1S/C24H32BrN3O4S/c1-14(2)26-22(31)20-24-13-16(25)19(33-24)17(21(30)27-15-9-5-3-6-10-15)18(24)23(32)28(20)11-7-4-8-12-29/h3,5-6,9-10,14,16-20,29H,4,7-8,11-13H2,1-2H3,(H,26,31)(H,27,30)/t16?,17-,18-,19-,20?,24?/m0/s1. The summed E-state index contributed by atoms with van der Waals surface area (Å²) < 4.78 is -0.620. The van der Waals surface area contributed by atoms with Gasteiger partial charge in [0.05, 0.1) is 16.6 Å². The van der Waals surface area contributed by atoms with E-state index in [-0.39, 0.29) is 40.4 Å². The number of nitrogens with one attached hydrogen (secondary N) is 2. The summed E-state index contributed by atoms with van der Waals surface area (Å²) in [7, 11) is 0. The van der Waals surface area contributed by atoms with Crippen molar-refractivity contribution in [2.45, 2.75) is 66.4 Å². The number of hydrogen-bond acceptors (Lipinski definition) is 5. The molecule has 180 valence electrons. The lowest BCUT2D eigenvalue weighted by atomic mass is 9.70. The van der Waals surface area contributed by atoms with Crippen LogP contribution < -0.4 is 10.6 Å². The third-order valence-corrected chi connectivity index (χ3v) is 10.1. The molecule has 33 heavy (non-hydrogen) atoms. The molecule has 3 saturated heterocycles. The van der Waals surface area contributed by atoms with E-state index in [2.05, 4.69) is 26.6 Å². The molecule has 3 fully saturated rings. The molecule has 2 bridgehead atoms. The predicted molar refractivity (Wildman–Crippen MR) is 133 cm³/mol. The van der Waals surface area contributed by atoms with Gasteiger partial charge in [-0.1, -0.05) is 34.1 Å². The number of carbonyl (C=O) groups excluding carboxylic acids is 3. The van der Waals surface area contributed by atoms with Gasteiger partial charge >= 0.3 is 0 Å². The van der Waals surface area contributed by atoms with E-state index >= 15 is 0 Å². The third kappa shape index (κ3) is 4.44. The summed E-state index contributed by atoms with van der Waals surface area (Å²) >= 11 is 5.42. The van der Waals surface area contributed by atoms with Crippen molar-refractivity contribution in [1.29, 1.82) is 0 Å². The number of rotatable bonds is 9. The maximum Gasteiger partial charge on any atom is 0.244 e. The number of aliphatic hydroxyl groups is 1. The second-order valence-electron chi connectivity index (χ2n) is 9.50. The van der Waals surface area contributed by atoms with Gasteiger partial charge in [0.1, 0.15) is 6.04 Å². The van der Waals surface area contributed by atoms with E-state index in [1.807, 2.05) is 44.2 Å². The highest BCUT2D eigenvalue weighted by molar-refractivity contribution is 9.09. The highest BCUT2D eigenvalue weighted by atomic mass is 79.9. The van der Waals surface area contributed by atoms with E-state index in [1.165, 1.54) is 0 Å². The number of benzene rings is 1. The number of para-hydroxylation sites is 1. The molecule has 6 atom stereocenters. The van der Waals surface area contributed by atoms with Gasteiger partial charge < -0.3 is 20.6 Å². The minimum absolute atomic E-state index is 0.0418. The topological polar surface area (TPSA) is 98.7 Å². The molecule has 0 saturated carbocycles. The quantitative estimate of drug-likeness (QED) is 0.332. The molecule has 3 amide bonds. The van der Waals surface area contributed by atoms with Crippen molar-refractivity contribution >= 4 is 51.1 Å². The first-order valence-electron chi connectivity index (χ1n) is 11.7. The summed E-state index contributed by atoms with van der Waals surface area (Å²) in [6.45, 7) is 4.40. The van der Waals surface area contributed by atoms with Gasteiger partial charge in [-0.15, -0.1) is 11.8 Å². The van der Waals surface area contributed by atoms with Crippen LogP contribution in [0.25, 0.3) is 0 Å². The van der Waals surface area contributed by atoms with E-state index < -0.39 is 22.6 Å². The maximum atomic E-state index is 13.8. The molecular formula is C24H32BrN3O4S. The lowest BCUT2D eigenvalue weighted by Crippen LogP contribution is -2.55. The monoisotopic (exact) mass is 537 g/mol. The molecule has 1 spiro atoms. The average Bonchev–Trinajstić information content (AvgIpc) is 3.35. The Balaban J connectivity index is 1.65. The fourth-order valence-corrected chi connectivity index (χ4v) is 9.26. The van der Waals surface area contributed by atoms with Crippen molar-refractivity contribution in [3.05, 3.63) is 30.3 Å². The van der Waals surface area contributed by atoms with Crippen molar-refractivity contribution < 1.29 is 19.5 Å². The van der Waals surface area contributed by atoms with Gasteiger partial charge in [-0.3, -0.25) is 14.4 Å². The van der Waals surface area contributed by atoms with Crippen molar-refractivity contribution in [3.63, 3.8) is 0 Å². The van der Waals surface area contributed by atoms with E-state index in [0.29, 0.717) is 31.5 Å². The number of aliphatic hydroxyl groups excluding tert-OH is 1. The van der Waals surface area contributed by atoms with Gasteiger partial charge in [-0.05, 0) is 51.7 Å². The van der Waals surface area contributed by atoms with Gasteiger partial charge in [0.2, 0.25) is 17.7 Å². The second-order valence-corrected chi connectivity index (χ2v) is 12.2. The van der Waals surface area contributed by atoms with Crippen LogP contribution in [0.3, 0.4) is 0 Å². The molecule has 0 aliphatic carbocycles. The van der Waals surface area contributed by atoms with Crippen LogP contribution in [0, 0.1) is 11.8 Å². The normalized spacial score (nSPS) is 32.3. The SMILES string of the molecule is CC(C)NC(=O)C1N(CCCCCO)C(=O)[C@@H]2[C@H](C(=O)Nc3ccccc3)[C@H]3SC12CC3Br. The molecule has 0 aromatic heterocycles. The molecule has 1 aromatic rings. The van der Waals surface area contributed by atoms with Crippen LogP contribution in [0.2, 0.25) is 0 Å². The molecule has 4 rings (SSSR count). The van der Waals surface area contributed by atoms with Crippen molar-refractivity contribution in [2.24, 2.45) is 11.8 Å². The third-order valence-electron chi connectivity index (χ3n) is 6.87. The van der Waals surface area contributed by atoms with E-state index in [1.54, 1.807) is 16.7 Å². The maximum absolute atomic E-state index is 13.8. The number of thioether (sulfide) groups is 1. The minimum atomic E-state index is -0.620.